The fourth-order valence-electron chi connectivity index (χ4n) is 3.15. The summed E-state index contributed by atoms with van der Waals surface area (Å²) >= 11 is 0. The van der Waals surface area contributed by atoms with E-state index in [1.54, 1.807) is 13.0 Å². The van der Waals surface area contributed by atoms with Crippen LogP contribution < -0.4 is 16.0 Å². The Bertz CT molecular complexity index is 861. The fraction of sp³-hybridized carbons (Fsp3) is 0.286. The molecule has 2 atom stereocenters. The second-order valence-electron chi connectivity index (χ2n) is 6.65. The molecule has 3 amide bonds. The minimum Gasteiger partial charge on any atom is -0.349 e. The van der Waals surface area contributed by atoms with Gasteiger partial charge in [0.25, 0.3) is 0 Å². The van der Waals surface area contributed by atoms with E-state index in [0.717, 1.165) is 16.8 Å². The van der Waals surface area contributed by atoms with Crippen molar-refractivity contribution < 1.29 is 14.4 Å². The standard InChI is InChI=1S/C21H23N3O3/c1-3-19(25)23-15-10-8-14(9-11-15)13(2)22-21(27)17-12-20(26)24-18-7-5-4-6-16(17)18/h4-11,13,17H,3,12H2,1-2H3,(H,22,27)(H,23,25)(H,24,26). The summed E-state index contributed by atoms with van der Waals surface area (Å²) in [5, 5.41) is 8.59. The van der Waals surface area contributed by atoms with Gasteiger partial charge in [0.2, 0.25) is 17.7 Å². The normalized spacial score (nSPS) is 16.7. The zero-order valence-corrected chi connectivity index (χ0v) is 15.4. The number of rotatable bonds is 5. The summed E-state index contributed by atoms with van der Waals surface area (Å²) in [5.41, 5.74) is 3.17. The second-order valence-corrected chi connectivity index (χ2v) is 6.65. The molecule has 0 saturated heterocycles. The van der Waals surface area contributed by atoms with Crippen molar-refractivity contribution >= 4 is 29.1 Å². The van der Waals surface area contributed by atoms with Crippen LogP contribution in [0, 0.1) is 0 Å². The molecule has 0 fully saturated rings. The van der Waals surface area contributed by atoms with Gasteiger partial charge in [-0.2, -0.15) is 0 Å². The van der Waals surface area contributed by atoms with Crippen LogP contribution in [0.3, 0.4) is 0 Å². The van der Waals surface area contributed by atoms with Gasteiger partial charge in [0.15, 0.2) is 0 Å². The molecule has 0 aliphatic carbocycles. The lowest BCUT2D eigenvalue weighted by Gasteiger charge is -2.26. The monoisotopic (exact) mass is 365 g/mol. The molecule has 2 aromatic carbocycles. The van der Waals surface area contributed by atoms with E-state index in [1.165, 1.54) is 0 Å². The topological polar surface area (TPSA) is 87.3 Å². The largest absolute Gasteiger partial charge is 0.349 e. The van der Waals surface area contributed by atoms with Gasteiger partial charge in [-0.25, -0.2) is 0 Å². The Balaban J connectivity index is 1.69. The summed E-state index contributed by atoms with van der Waals surface area (Å²) in [5.74, 6) is -0.871. The second kappa shape index (κ2) is 8.03. The SMILES string of the molecule is CCC(=O)Nc1ccc(C(C)NC(=O)C2CC(=O)Nc3ccccc32)cc1. The summed E-state index contributed by atoms with van der Waals surface area (Å²) < 4.78 is 0. The van der Waals surface area contributed by atoms with Gasteiger partial charge in [-0.1, -0.05) is 37.3 Å². The van der Waals surface area contributed by atoms with Crippen LogP contribution in [-0.4, -0.2) is 17.7 Å². The van der Waals surface area contributed by atoms with E-state index >= 15 is 0 Å². The number of anilines is 2. The Morgan fingerprint density at radius 1 is 1.15 bits per heavy atom. The van der Waals surface area contributed by atoms with E-state index in [9.17, 15) is 14.4 Å². The lowest BCUT2D eigenvalue weighted by molar-refractivity contribution is -0.126. The summed E-state index contributed by atoms with van der Waals surface area (Å²) in [6.45, 7) is 3.69. The predicted molar refractivity (Wildman–Crippen MR) is 104 cm³/mol. The molecule has 0 radical (unpaired) electrons. The minimum atomic E-state index is -0.500. The van der Waals surface area contributed by atoms with E-state index in [2.05, 4.69) is 16.0 Å². The molecule has 6 heteroatoms. The Labute approximate surface area is 158 Å². The highest BCUT2D eigenvalue weighted by atomic mass is 16.2. The van der Waals surface area contributed by atoms with Crippen molar-refractivity contribution in [3.8, 4) is 0 Å². The number of amides is 3. The summed E-state index contributed by atoms with van der Waals surface area (Å²) in [7, 11) is 0. The van der Waals surface area contributed by atoms with E-state index < -0.39 is 5.92 Å². The van der Waals surface area contributed by atoms with E-state index in [1.807, 2.05) is 49.4 Å². The third-order valence-corrected chi connectivity index (χ3v) is 4.69. The highest BCUT2D eigenvalue weighted by molar-refractivity contribution is 6.01. The van der Waals surface area contributed by atoms with E-state index in [-0.39, 0.29) is 30.2 Å². The first-order chi connectivity index (χ1) is 13.0. The van der Waals surface area contributed by atoms with Crippen molar-refractivity contribution in [1.82, 2.24) is 5.32 Å². The number of para-hydroxylation sites is 1. The Hall–Kier alpha value is -3.15. The average Bonchev–Trinajstić information content (AvgIpc) is 2.67. The average molecular weight is 365 g/mol. The molecule has 1 heterocycles. The van der Waals surface area contributed by atoms with Crippen molar-refractivity contribution in [2.45, 2.75) is 38.6 Å². The van der Waals surface area contributed by atoms with Crippen LogP contribution in [0.5, 0.6) is 0 Å². The molecular weight excluding hydrogens is 342 g/mol. The highest BCUT2D eigenvalue weighted by Crippen LogP contribution is 2.32. The predicted octanol–water partition coefficient (Wildman–Crippen LogP) is 3.34. The smallest absolute Gasteiger partial charge is 0.228 e. The van der Waals surface area contributed by atoms with Gasteiger partial charge in [-0.15, -0.1) is 0 Å². The van der Waals surface area contributed by atoms with Gasteiger partial charge >= 0.3 is 0 Å². The molecule has 0 aromatic heterocycles. The van der Waals surface area contributed by atoms with Gasteiger partial charge in [0.05, 0.1) is 12.0 Å². The lowest BCUT2D eigenvalue weighted by Crippen LogP contribution is -2.36. The quantitative estimate of drug-likeness (QED) is 0.759. The first-order valence-corrected chi connectivity index (χ1v) is 9.07. The Kier molecular flexibility index (Phi) is 5.54. The van der Waals surface area contributed by atoms with Crippen molar-refractivity contribution in [3.05, 3.63) is 59.7 Å². The van der Waals surface area contributed by atoms with Crippen LogP contribution in [0.1, 0.15) is 49.8 Å². The molecule has 27 heavy (non-hydrogen) atoms. The summed E-state index contributed by atoms with van der Waals surface area (Å²) in [6, 6.07) is 14.5. The van der Waals surface area contributed by atoms with Gasteiger partial charge in [-0.05, 0) is 36.2 Å². The van der Waals surface area contributed by atoms with Crippen molar-refractivity contribution in [3.63, 3.8) is 0 Å². The van der Waals surface area contributed by atoms with Gasteiger partial charge in [-0.3, -0.25) is 14.4 Å². The molecule has 1 aliphatic heterocycles. The lowest BCUT2D eigenvalue weighted by atomic mass is 9.89. The molecule has 0 saturated carbocycles. The number of nitrogens with one attached hydrogen (secondary N) is 3. The fourth-order valence-corrected chi connectivity index (χ4v) is 3.15. The van der Waals surface area contributed by atoms with Gasteiger partial charge in [0.1, 0.15) is 0 Å². The first kappa shape index (κ1) is 18.6. The molecule has 3 rings (SSSR count). The zero-order chi connectivity index (χ0) is 19.4. The van der Waals surface area contributed by atoms with E-state index in [0.29, 0.717) is 12.1 Å². The summed E-state index contributed by atoms with van der Waals surface area (Å²) in [6.07, 6.45) is 0.558. The third-order valence-electron chi connectivity index (χ3n) is 4.69. The van der Waals surface area contributed by atoms with Crippen LogP contribution in [-0.2, 0) is 14.4 Å². The van der Waals surface area contributed by atoms with Crippen LogP contribution in [0.25, 0.3) is 0 Å². The molecular formula is C21H23N3O3. The molecule has 0 spiro atoms. The number of hydrogen-bond acceptors (Lipinski definition) is 3. The van der Waals surface area contributed by atoms with Crippen LogP contribution in [0.4, 0.5) is 11.4 Å². The molecule has 6 nitrogen and oxygen atoms in total. The molecule has 3 N–H and O–H groups in total. The van der Waals surface area contributed by atoms with Crippen LogP contribution in [0.15, 0.2) is 48.5 Å². The maximum absolute atomic E-state index is 12.8. The number of benzene rings is 2. The molecule has 140 valence electrons. The van der Waals surface area contributed by atoms with Gasteiger partial charge < -0.3 is 16.0 Å². The van der Waals surface area contributed by atoms with Crippen LogP contribution in [0.2, 0.25) is 0 Å². The van der Waals surface area contributed by atoms with Gasteiger partial charge in [0, 0.05) is 24.2 Å². The van der Waals surface area contributed by atoms with Crippen molar-refractivity contribution in [1.29, 1.82) is 0 Å². The number of carbonyl (C=O) groups is 3. The maximum Gasteiger partial charge on any atom is 0.228 e. The minimum absolute atomic E-state index is 0.0432. The number of carbonyl (C=O) groups excluding carboxylic acids is 3. The molecule has 0 bridgehead atoms. The van der Waals surface area contributed by atoms with Crippen molar-refractivity contribution in [2.75, 3.05) is 10.6 Å². The Morgan fingerprint density at radius 2 is 1.85 bits per heavy atom. The van der Waals surface area contributed by atoms with Crippen molar-refractivity contribution in [2.24, 2.45) is 0 Å². The van der Waals surface area contributed by atoms with E-state index in [4.69, 9.17) is 0 Å². The maximum atomic E-state index is 12.8. The zero-order valence-electron chi connectivity index (χ0n) is 15.4. The highest BCUT2D eigenvalue weighted by Gasteiger charge is 2.31. The van der Waals surface area contributed by atoms with Crippen LogP contribution >= 0.6 is 0 Å². The Morgan fingerprint density at radius 3 is 2.56 bits per heavy atom. The molecule has 2 aromatic rings. The number of fused-ring (bicyclic) bond motifs is 1. The third kappa shape index (κ3) is 4.34. The molecule has 2 unspecified atom stereocenters. The first-order valence-electron chi connectivity index (χ1n) is 9.07. The molecule has 1 aliphatic rings. The number of hydrogen-bond donors (Lipinski definition) is 3. The summed E-state index contributed by atoms with van der Waals surface area (Å²) in [4.78, 5) is 36.2.